The second kappa shape index (κ2) is 5.21. The molecule has 1 N–H and O–H groups in total. The number of nitrogens with zero attached hydrogens (tertiary/aromatic N) is 2. The summed E-state index contributed by atoms with van der Waals surface area (Å²) in [7, 11) is 0. The minimum atomic E-state index is 0.621. The molecule has 0 saturated heterocycles. The minimum Gasteiger partial charge on any atom is -0.384 e. The Morgan fingerprint density at radius 3 is 2.90 bits per heavy atom. The van der Waals surface area contributed by atoms with E-state index in [1.54, 1.807) is 0 Å². The fraction of sp³-hybridized carbons (Fsp3) is 0.500. The second-order valence-electron chi connectivity index (χ2n) is 6.62. The van der Waals surface area contributed by atoms with Crippen molar-refractivity contribution in [2.24, 2.45) is 5.92 Å². The molecule has 2 aromatic rings. The average molecular weight is 281 g/mol. The molecule has 3 nitrogen and oxygen atoms in total. The summed E-state index contributed by atoms with van der Waals surface area (Å²) >= 11 is 0. The van der Waals surface area contributed by atoms with E-state index in [1.165, 1.54) is 48.2 Å². The number of aromatic nitrogens is 2. The maximum atomic E-state index is 4.45. The first-order valence-electron chi connectivity index (χ1n) is 8.21. The summed E-state index contributed by atoms with van der Waals surface area (Å²) in [6.07, 6.45) is 10.5. The molecule has 2 heterocycles. The van der Waals surface area contributed by atoms with E-state index in [0.717, 1.165) is 18.9 Å². The van der Waals surface area contributed by atoms with Crippen LogP contribution in [0.2, 0.25) is 0 Å². The summed E-state index contributed by atoms with van der Waals surface area (Å²) in [5.74, 6) is 0.885. The Hall–Kier alpha value is -1.77. The molecule has 1 aliphatic carbocycles. The lowest BCUT2D eigenvalue weighted by Gasteiger charge is -2.28. The number of rotatable bonds is 2. The van der Waals surface area contributed by atoms with Gasteiger partial charge in [-0.15, -0.1) is 0 Å². The quantitative estimate of drug-likeness (QED) is 0.891. The highest BCUT2D eigenvalue weighted by Gasteiger charge is 2.23. The fourth-order valence-corrected chi connectivity index (χ4v) is 3.88. The molecule has 1 aromatic carbocycles. The summed E-state index contributed by atoms with van der Waals surface area (Å²) in [5, 5.41) is 3.55. The molecule has 0 atom stereocenters. The van der Waals surface area contributed by atoms with Crippen molar-refractivity contribution in [2.45, 2.75) is 45.1 Å². The molecule has 4 rings (SSSR count). The van der Waals surface area contributed by atoms with Crippen LogP contribution in [-0.4, -0.2) is 16.1 Å². The third kappa shape index (κ3) is 2.25. The number of benzene rings is 1. The number of fused-ring (bicyclic) bond motifs is 1. The Labute approximate surface area is 126 Å². The van der Waals surface area contributed by atoms with Gasteiger partial charge in [0.05, 0.1) is 18.2 Å². The molecule has 0 bridgehead atoms. The van der Waals surface area contributed by atoms with E-state index in [2.05, 4.69) is 40.0 Å². The first kappa shape index (κ1) is 12.9. The van der Waals surface area contributed by atoms with Crippen molar-refractivity contribution in [1.29, 1.82) is 0 Å². The fourth-order valence-electron chi connectivity index (χ4n) is 3.88. The van der Waals surface area contributed by atoms with Gasteiger partial charge in [0.1, 0.15) is 0 Å². The summed E-state index contributed by atoms with van der Waals surface area (Å²) < 4.78 is 2.42. The average Bonchev–Trinajstić information content (AvgIpc) is 3.16. The van der Waals surface area contributed by atoms with Gasteiger partial charge < -0.3 is 9.88 Å². The molecule has 0 radical (unpaired) electrons. The highest BCUT2D eigenvalue weighted by Crippen LogP contribution is 2.38. The van der Waals surface area contributed by atoms with Crippen LogP contribution in [0.15, 0.2) is 30.7 Å². The van der Waals surface area contributed by atoms with Crippen molar-refractivity contribution >= 4 is 5.69 Å². The Bertz CT molecular complexity index is 636. The SMILES string of the molecule is CC1CCC(n2cncc2-c2cccc3c2NCC3)CC1. The normalized spacial score (nSPS) is 24.6. The number of hydrogen-bond acceptors (Lipinski definition) is 2. The van der Waals surface area contributed by atoms with E-state index in [9.17, 15) is 0 Å². The van der Waals surface area contributed by atoms with Crippen molar-refractivity contribution in [1.82, 2.24) is 9.55 Å². The first-order chi connectivity index (χ1) is 10.3. The molecule has 1 aliphatic heterocycles. The van der Waals surface area contributed by atoms with Gasteiger partial charge in [-0.05, 0) is 43.6 Å². The van der Waals surface area contributed by atoms with Gasteiger partial charge in [-0.25, -0.2) is 4.98 Å². The third-order valence-electron chi connectivity index (χ3n) is 5.17. The summed E-state index contributed by atoms with van der Waals surface area (Å²) in [6, 6.07) is 7.27. The molecule has 110 valence electrons. The standard InChI is InChI=1S/C18H23N3/c1-13-5-7-15(8-6-13)21-12-19-11-17(21)16-4-2-3-14-9-10-20-18(14)16/h2-4,11-13,15,20H,5-10H2,1H3. The Kier molecular flexibility index (Phi) is 3.21. The maximum absolute atomic E-state index is 4.45. The topological polar surface area (TPSA) is 29.9 Å². The van der Waals surface area contributed by atoms with E-state index in [1.807, 2.05) is 12.5 Å². The van der Waals surface area contributed by atoms with E-state index in [-0.39, 0.29) is 0 Å². The monoisotopic (exact) mass is 281 g/mol. The molecular weight excluding hydrogens is 258 g/mol. The lowest BCUT2D eigenvalue weighted by Crippen LogP contribution is -2.17. The van der Waals surface area contributed by atoms with Crippen LogP contribution in [0.3, 0.4) is 0 Å². The Morgan fingerprint density at radius 2 is 2.05 bits per heavy atom. The molecule has 1 fully saturated rings. The van der Waals surface area contributed by atoms with Gasteiger partial charge in [-0.2, -0.15) is 0 Å². The van der Waals surface area contributed by atoms with Crippen LogP contribution < -0.4 is 5.32 Å². The van der Waals surface area contributed by atoms with Crippen molar-refractivity contribution in [3.63, 3.8) is 0 Å². The molecule has 21 heavy (non-hydrogen) atoms. The van der Waals surface area contributed by atoms with E-state index < -0.39 is 0 Å². The van der Waals surface area contributed by atoms with Gasteiger partial charge in [0.15, 0.2) is 0 Å². The molecule has 1 saturated carbocycles. The molecule has 1 aromatic heterocycles. The van der Waals surface area contributed by atoms with Crippen LogP contribution in [0.4, 0.5) is 5.69 Å². The van der Waals surface area contributed by atoms with E-state index >= 15 is 0 Å². The van der Waals surface area contributed by atoms with Gasteiger partial charge >= 0.3 is 0 Å². The summed E-state index contributed by atoms with van der Waals surface area (Å²) in [6.45, 7) is 3.43. The van der Waals surface area contributed by atoms with Gasteiger partial charge in [-0.1, -0.05) is 25.1 Å². The highest BCUT2D eigenvalue weighted by atomic mass is 15.1. The predicted octanol–water partition coefficient (Wildman–Crippen LogP) is 4.27. The first-order valence-corrected chi connectivity index (χ1v) is 8.21. The lowest BCUT2D eigenvalue weighted by molar-refractivity contribution is 0.291. The summed E-state index contributed by atoms with van der Waals surface area (Å²) in [4.78, 5) is 4.45. The van der Waals surface area contributed by atoms with Crippen LogP contribution in [0.25, 0.3) is 11.3 Å². The molecule has 3 heteroatoms. The predicted molar refractivity (Wildman–Crippen MR) is 86.5 cm³/mol. The second-order valence-corrected chi connectivity index (χ2v) is 6.62. The maximum Gasteiger partial charge on any atom is 0.0953 e. The molecule has 0 spiro atoms. The number of para-hydroxylation sites is 1. The zero-order valence-electron chi connectivity index (χ0n) is 12.7. The van der Waals surface area contributed by atoms with Crippen LogP contribution in [-0.2, 0) is 6.42 Å². The van der Waals surface area contributed by atoms with Crippen molar-refractivity contribution in [2.75, 3.05) is 11.9 Å². The Balaban J connectivity index is 1.71. The minimum absolute atomic E-state index is 0.621. The smallest absolute Gasteiger partial charge is 0.0953 e. The zero-order chi connectivity index (χ0) is 14.2. The van der Waals surface area contributed by atoms with Crippen molar-refractivity contribution in [3.05, 3.63) is 36.3 Å². The van der Waals surface area contributed by atoms with Gasteiger partial charge in [-0.3, -0.25) is 0 Å². The molecule has 2 aliphatic rings. The zero-order valence-corrected chi connectivity index (χ0v) is 12.7. The third-order valence-corrected chi connectivity index (χ3v) is 5.17. The van der Waals surface area contributed by atoms with Gasteiger partial charge in [0.25, 0.3) is 0 Å². The van der Waals surface area contributed by atoms with Crippen LogP contribution >= 0.6 is 0 Å². The summed E-state index contributed by atoms with van der Waals surface area (Å²) in [5.41, 5.74) is 5.36. The number of hydrogen-bond donors (Lipinski definition) is 1. The number of anilines is 1. The molecular formula is C18H23N3. The van der Waals surface area contributed by atoms with Crippen LogP contribution in [0.5, 0.6) is 0 Å². The lowest BCUT2D eigenvalue weighted by atomic mass is 9.87. The van der Waals surface area contributed by atoms with Gasteiger partial charge in [0, 0.05) is 23.8 Å². The van der Waals surface area contributed by atoms with E-state index in [4.69, 9.17) is 0 Å². The highest BCUT2D eigenvalue weighted by molar-refractivity contribution is 5.79. The van der Waals surface area contributed by atoms with Crippen LogP contribution in [0, 0.1) is 5.92 Å². The van der Waals surface area contributed by atoms with Crippen LogP contribution in [0.1, 0.15) is 44.2 Å². The largest absolute Gasteiger partial charge is 0.384 e. The van der Waals surface area contributed by atoms with Crippen molar-refractivity contribution in [3.8, 4) is 11.3 Å². The number of nitrogens with one attached hydrogen (secondary N) is 1. The van der Waals surface area contributed by atoms with Crippen molar-refractivity contribution < 1.29 is 0 Å². The van der Waals surface area contributed by atoms with Gasteiger partial charge in [0.2, 0.25) is 0 Å². The number of imidazole rings is 1. The molecule has 0 unspecified atom stereocenters. The molecule has 0 amide bonds. The van der Waals surface area contributed by atoms with E-state index in [0.29, 0.717) is 6.04 Å². The Morgan fingerprint density at radius 1 is 1.19 bits per heavy atom.